The first-order valence-electron chi connectivity index (χ1n) is 11.2. The third kappa shape index (κ3) is 7.77. The van der Waals surface area contributed by atoms with Crippen molar-refractivity contribution in [2.75, 3.05) is 0 Å². The molecule has 0 saturated heterocycles. The predicted molar refractivity (Wildman–Crippen MR) is 158 cm³/mol. The van der Waals surface area contributed by atoms with Crippen molar-refractivity contribution in [1.29, 1.82) is 0 Å². The maximum Gasteiger partial charge on any atom is 0.144 e. The second kappa shape index (κ2) is 16.8. The third-order valence-electron chi connectivity index (χ3n) is 5.72. The van der Waals surface area contributed by atoms with Gasteiger partial charge in [0.15, 0.2) is 0 Å². The molecule has 0 unspecified atom stereocenters. The van der Waals surface area contributed by atoms with Crippen molar-refractivity contribution in [3.63, 3.8) is 0 Å². The van der Waals surface area contributed by atoms with Gasteiger partial charge >= 0.3 is 58.4 Å². The monoisotopic (exact) mass is 912 g/mol. The summed E-state index contributed by atoms with van der Waals surface area (Å²) in [5, 5.41) is 8.71. The van der Waals surface area contributed by atoms with Crippen molar-refractivity contribution < 1.29 is 40.0 Å². The molecule has 0 aliphatic carbocycles. The molecule has 0 saturated carbocycles. The van der Waals surface area contributed by atoms with Crippen LogP contribution in [-0.2, 0) is 40.0 Å². The maximum absolute atomic E-state index is 4.58. The van der Waals surface area contributed by atoms with Crippen LogP contribution in [0.3, 0.4) is 0 Å². The Morgan fingerprint density at radius 2 is 0.500 bits per heavy atom. The summed E-state index contributed by atoms with van der Waals surface area (Å²) in [6, 6.07) is 53.4. The average Bonchev–Trinajstić information content (AvgIpc) is 2.99. The molecule has 0 aromatic heterocycles. The van der Waals surface area contributed by atoms with E-state index in [0.29, 0.717) is 0 Å². The van der Waals surface area contributed by atoms with Gasteiger partial charge in [-0.2, -0.15) is 0 Å². The van der Waals surface area contributed by atoms with Gasteiger partial charge in [-0.25, -0.2) is 0 Å². The summed E-state index contributed by atoms with van der Waals surface area (Å²) in [6.45, 7) is 0. The van der Waals surface area contributed by atoms with Crippen LogP contribution in [0.4, 0.5) is 0 Å². The normalized spacial score (nSPS) is 10.2. The maximum atomic E-state index is 4.58. The SMILES string of the molecule is [Cl][Au].[Cl][Au].c1ccc([PH+](c2ccccc2)c2ccccc2[PH+](c2ccccc2)c2ccccc2)cc1. The molecule has 0 radical (unpaired) electrons. The Labute approximate surface area is 249 Å². The van der Waals surface area contributed by atoms with Gasteiger partial charge in [-0.15, -0.1) is 0 Å². The molecule has 0 aliphatic rings. The van der Waals surface area contributed by atoms with Gasteiger partial charge in [0.25, 0.3) is 0 Å². The van der Waals surface area contributed by atoms with E-state index in [-0.39, 0.29) is 0 Å². The Balaban J connectivity index is 0.000000861. The molecule has 0 spiro atoms. The minimum atomic E-state index is -1.14. The second-order valence-corrected chi connectivity index (χ2v) is 12.6. The van der Waals surface area contributed by atoms with Gasteiger partial charge in [-0.1, -0.05) is 84.9 Å². The number of hydrogen-bond donors (Lipinski definition) is 0. The van der Waals surface area contributed by atoms with Crippen molar-refractivity contribution in [3.8, 4) is 0 Å². The Morgan fingerprint density at radius 1 is 0.306 bits per heavy atom. The number of rotatable bonds is 6. The summed E-state index contributed by atoms with van der Waals surface area (Å²) in [4.78, 5) is 0. The molecule has 0 nitrogen and oxygen atoms in total. The van der Waals surface area contributed by atoms with Gasteiger partial charge in [-0.3, -0.25) is 0 Å². The average molecular weight is 913 g/mol. The predicted octanol–water partition coefficient (Wildman–Crippen LogP) is 6.04. The van der Waals surface area contributed by atoms with Crippen molar-refractivity contribution in [2.24, 2.45) is 0 Å². The topological polar surface area (TPSA) is 0 Å². The molecular weight excluding hydrogens is 887 g/mol. The van der Waals surface area contributed by atoms with Gasteiger partial charge in [0.1, 0.15) is 47.7 Å². The van der Waals surface area contributed by atoms with Crippen LogP contribution in [-0.4, -0.2) is 0 Å². The van der Waals surface area contributed by atoms with Crippen LogP contribution in [0.15, 0.2) is 146 Å². The van der Waals surface area contributed by atoms with E-state index in [1.165, 1.54) is 31.8 Å². The molecular formula is C30H26Au2Cl2P2+2. The van der Waals surface area contributed by atoms with E-state index in [9.17, 15) is 0 Å². The smallest absolute Gasteiger partial charge is 0.0620 e. The zero-order valence-electron chi connectivity index (χ0n) is 19.2. The summed E-state index contributed by atoms with van der Waals surface area (Å²) in [7, 11) is 6.89. The van der Waals surface area contributed by atoms with Gasteiger partial charge in [0, 0.05) is 0 Å². The summed E-state index contributed by atoms with van der Waals surface area (Å²) in [5.74, 6) is 0. The van der Waals surface area contributed by atoms with E-state index in [0.717, 1.165) is 0 Å². The Kier molecular flexibility index (Phi) is 13.8. The first-order chi connectivity index (χ1) is 17.9. The van der Waals surface area contributed by atoms with Crippen molar-refractivity contribution in [1.82, 2.24) is 0 Å². The number of halogens is 2. The van der Waals surface area contributed by atoms with Gasteiger partial charge in [0.2, 0.25) is 0 Å². The van der Waals surface area contributed by atoms with Crippen LogP contribution in [0.5, 0.6) is 0 Å². The molecule has 36 heavy (non-hydrogen) atoms. The summed E-state index contributed by atoms with van der Waals surface area (Å²) in [5.41, 5.74) is 0. The van der Waals surface area contributed by atoms with E-state index in [4.69, 9.17) is 0 Å². The first kappa shape index (κ1) is 29.6. The largest absolute Gasteiger partial charge is 0.144 e. The van der Waals surface area contributed by atoms with Crippen LogP contribution < -0.4 is 31.8 Å². The summed E-state index contributed by atoms with van der Waals surface area (Å²) < 4.78 is 0. The van der Waals surface area contributed by atoms with E-state index < -0.39 is 15.8 Å². The number of hydrogen-bond acceptors (Lipinski definition) is 0. The minimum absolute atomic E-state index is 1.14. The van der Waals surface area contributed by atoms with Crippen LogP contribution in [0.1, 0.15) is 0 Å². The third-order valence-corrected chi connectivity index (χ3v) is 11.6. The van der Waals surface area contributed by atoms with Gasteiger partial charge in [-0.05, 0) is 60.7 Å². The molecule has 0 bridgehead atoms. The second-order valence-electron chi connectivity index (χ2n) is 7.76. The van der Waals surface area contributed by atoms with E-state index in [1.807, 2.05) is 0 Å². The fourth-order valence-corrected chi connectivity index (χ4v) is 10.3. The van der Waals surface area contributed by atoms with E-state index in [1.54, 1.807) is 40.0 Å². The zero-order valence-corrected chi connectivity index (χ0v) is 27.1. The fourth-order valence-electron chi connectivity index (χ4n) is 4.29. The Hall–Kier alpha value is -0.979. The molecule has 5 aromatic carbocycles. The Bertz CT molecular complexity index is 1090. The van der Waals surface area contributed by atoms with Crippen molar-refractivity contribution in [3.05, 3.63) is 146 Å². The summed E-state index contributed by atoms with van der Waals surface area (Å²) in [6.07, 6.45) is 0. The molecule has 0 aliphatic heterocycles. The van der Waals surface area contributed by atoms with Crippen molar-refractivity contribution >= 4 is 66.0 Å². The molecule has 0 heterocycles. The Morgan fingerprint density at radius 3 is 0.722 bits per heavy atom. The van der Waals surface area contributed by atoms with E-state index in [2.05, 4.69) is 164 Å². The molecule has 0 amide bonds. The molecule has 5 aromatic rings. The quantitative estimate of drug-likeness (QED) is 0.144. The van der Waals surface area contributed by atoms with Gasteiger partial charge in [0.05, 0.1) is 0 Å². The molecule has 0 atom stereocenters. The molecule has 6 heteroatoms. The zero-order chi connectivity index (χ0) is 25.6. The molecule has 0 N–H and O–H groups in total. The van der Waals surface area contributed by atoms with Gasteiger partial charge < -0.3 is 0 Å². The minimum Gasteiger partial charge on any atom is -0.0620 e. The summed E-state index contributed by atoms with van der Waals surface area (Å²) >= 11 is 3.50. The van der Waals surface area contributed by atoms with Crippen molar-refractivity contribution in [2.45, 2.75) is 0 Å². The van der Waals surface area contributed by atoms with Crippen LogP contribution >= 0.6 is 34.2 Å². The van der Waals surface area contributed by atoms with Crippen LogP contribution in [0, 0.1) is 0 Å². The number of benzene rings is 5. The fraction of sp³-hybridized carbons (Fsp3) is 0. The van der Waals surface area contributed by atoms with E-state index >= 15 is 0 Å². The molecule has 0 fully saturated rings. The first-order valence-corrected chi connectivity index (χ1v) is 19.6. The van der Waals surface area contributed by atoms with Crippen LogP contribution in [0.2, 0.25) is 0 Å². The molecule has 190 valence electrons. The standard InChI is InChI=1S/C30H24P2.2Au.2ClH/c1-5-15-25(16-6-1)31(26-17-7-2-8-18-26)29-23-13-14-24-30(29)32(27-19-9-3-10-20-27)28-21-11-4-12-22-28;;;;/h1-24H;;;2*1H/q;2*+1;;. The van der Waals surface area contributed by atoms with Crippen LogP contribution in [0.25, 0.3) is 0 Å². The molecule has 5 rings (SSSR count).